The number of nitrogens with one attached hydrogen (secondary N) is 4. The maximum Gasteiger partial charge on any atom is 0.265 e. The molecule has 5 amide bonds. The predicted octanol–water partition coefficient (Wildman–Crippen LogP) is 12.8. The molecule has 90 heavy (non-hydrogen) atoms. The smallest absolute Gasteiger partial charge is 0.265 e. The molecule has 0 radical (unpaired) electrons. The first-order valence-electron chi connectivity index (χ1n) is 29.2. The second kappa shape index (κ2) is 27.3. The fraction of sp³-hybridized carbons (Fsp3) is 0.181. The van der Waals surface area contributed by atoms with Crippen LogP contribution >= 0.6 is 22.7 Å². The molecule has 18 heteroatoms. The summed E-state index contributed by atoms with van der Waals surface area (Å²) in [6.07, 6.45) is 6.81. The van der Waals surface area contributed by atoms with Gasteiger partial charge in [0.15, 0.2) is 0 Å². The van der Waals surface area contributed by atoms with E-state index in [1.165, 1.54) is 34.8 Å². The van der Waals surface area contributed by atoms with Crippen LogP contribution in [0.5, 0.6) is 0 Å². The number of hydrogen-bond acceptors (Lipinski definition) is 11. The quantitative estimate of drug-likeness (QED) is 0.0683. The highest BCUT2D eigenvalue weighted by atomic mass is 32.1. The Morgan fingerprint density at radius 3 is 1.44 bits per heavy atom. The van der Waals surface area contributed by atoms with E-state index < -0.39 is 0 Å². The molecule has 0 saturated carbocycles. The van der Waals surface area contributed by atoms with Gasteiger partial charge in [-0.15, -0.1) is 22.7 Å². The predicted molar refractivity (Wildman–Crippen MR) is 368 cm³/mol. The van der Waals surface area contributed by atoms with Crippen molar-refractivity contribution >= 4 is 107 Å². The SMILES string of the molecule is C=CC(=O)Nc1cc(Cc2cc(-c3cccc(NC(=O)c4cc5ccccc5s4)c3C)cn(C)c2=O)ccc1N(C)C.C=CC(=O)Nc1cc(Cc2cc(-c3cccc(NC(=O)c4cc5ccccc5s4)c3C)cn(C)c2=O)ccc1N1CCN(C(C)=O)CC1. The maximum atomic E-state index is 13.4. The van der Waals surface area contributed by atoms with Crippen LogP contribution in [0.2, 0.25) is 0 Å². The number of nitrogens with zero attached hydrogens (tertiary/aromatic N) is 5. The van der Waals surface area contributed by atoms with E-state index in [1.807, 2.05) is 196 Å². The lowest BCUT2D eigenvalue weighted by atomic mass is 9.97. The summed E-state index contributed by atoms with van der Waals surface area (Å²) >= 11 is 2.92. The highest BCUT2D eigenvalue weighted by Gasteiger charge is 2.23. The molecule has 1 aliphatic rings. The molecule has 10 aromatic rings. The molecule has 0 unspecified atom stereocenters. The highest BCUT2D eigenvalue weighted by Crippen LogP contribution is 2.35. The molecule has 0 atom stereocenters. The van der Waals surface area contributed by atoms with Crippen molar-refractivity contribution in [1.82, 2.24) is 14.0 Å². The Morgan fingerprint density at radius 2 is 0.989 bits per heavy atom. The van der Waals surface area contributed by atoms with Crippen LogP contribution in [-0.2, 0) is 41.3 Å². The Morgan fingerprint density at radius 1 is 0.533 bits per heavy atom. The Balaban J connectivity index is 0.000000200. The number of rotatable bonds is 16. The topological polar surface area (TPSA) is 187 Å². The number of anilines is 6. The molecule has 6 aromatic carbocycles. The van der Waals surface area contributed by atoms with Crippen molar-refractivity contribution < 1.29 is 24.0 Å². The van der Waals surface area contributed by atoms with Gasteiger partial charge in [0, 0.05) is 118 Å². The lowest BCUT2D eigenvalue weighted by Gasteiger charge is -2.36. The zero-order valence-electron chi connectivity index (χ0n) is 51.2. The van der Waals surface area contributed by atoms with E-state index in [-0.39, 0.29) is 40.7 Å². The Bertz CT molecular complexity index is 4540. The van der Waals surface area contributed by atoms with E-state index in [0.717, 1.165) is 76.1 Å². The van der Waals surface area contributed by atoms with Gasteiger partial charge in [-0.25, -0.2) is 0 Å². The lowest BCUT2D eigenvalue weighted by Crippen LogP contribution is -2.48. The third-order valence-corrected chi connectivity index (χ3v) is 18.2. The molecule has 11 rings (SSSR count). The van der Waals surface area contributed by atoms with Crippen LogP contribution in [0, 0.1) is 13.8 Å². The van der Waals surface area contributed by atoms with Crippen LogP contribution in [0.15, 0.2) is 193 Å². The van der Waals surface area contributed by atoms with Crippen molar-refractivity contribution in [3.8, 4) is 22.3 Å². The third-order valence-electron chi connectivity index (χ3n) is 15.9. The second-order valence-corrected chi connectivity index (χ2v) is 24.5. The summed E-state index contributed by atoms with van der Waals surface area (Å²) in [7, 11) is 7.28. The number of pyridine rings is 2. The van der Waals surface area contributed by atoms with E-state index >= 15 is 0 Å². The zero-order chi connectivity index (χ0) is 63.9. The fourth-order valence-corrected chi connectivity index (χ4v) is 13.1. The largest absolute Gasteiger partial charge is 0.376 e. The lowest BCUT2D eigenvalue weighted by molar-refractivity contribution is -0.129. The van der Waals surface area contributed by atoms with Gasteiger partial charge in [0.2, 0.25) is 17.7 Å². The van der Waals surface area contributed by atoms with Crippen molar-refractivity contribution in [2.75, 3.05) is 71.3 Å². The van der Waals surface area contributed by atoms with Crippen LogP contribution < -0.4 is 42.2 Å². The molecule has 1 saturated heterocycles. The van der Waals surface area contributed by atoms with Crippen molar-refractivity contribution in [3.05, 3.63) is 247 Å². The van der Waals surface area contributed by atoms with Crippen molar-refractivity contribution in [2.24, 2.45) is 14.1 Å². The van der Waals surface area contributed by atoms with Gasteiger partial charge in [-0.05, 0) is 154 Å². The summed E-state index contributed by atoms with van der Waals surface area (Å²) in [6.45, 7) is 15.1. The molecule has 456 valence electrons. The highest BCUT2D eigenvalue weighted by molar-refractivity contribution is 7.21. The minimum atomic E-state index is -0.330. The molecule has 1 aliphatic heterocycles. The molecule has 0 aliphatic carbocycles. The summed E-state index contributed by atoms with van der Waals surface area (Å²) < 4.78 is 5.29. The first-order valence-corrected chi connectivity index (χ1v) is 30.9. The average molecular weight is 1240 g/mol. The summed E-state index contributed by atoms with van der Waals surface area (Å²) in [5, 5.41) is 14.0. The standard InChI is InChI=1S/C38H37N5O4S.C34H32N4O3S/c1-5-36(45)39-32-20-26(13-14-33(32)43-17-15-42(16-18-43)25(3)44)19-28-21-29(23-41(4)38(28)47)30-10-8-11-31(24(30)2)40-37(46)35-22-27-9-6-7-12-34(27)48-35;1-6-32(39)35-28-17-22(14-15-29(28)37(3)4)16-24-18-25(20-38(5)34(24)41)26-11-9-12-27(21(26)2)36-33(40)31-19-23-10-7-8-13-30(23)42-31/h5-14,20-23H,1,15-19H2,2-4H3,(H,39,45)(H,40,46);6-15,17-20H,1,16H2,2-5H3,(H,35,39)(H,36,40). The van der Waals surface area contributed by atoms with Crippen LogP contribution in [-0.4, -0.2) is 83.8 Å². The number of carbonyl (C=O) groups is 5. The zero-order valence-corrected chi connectivity index (χ0v) is 52.9. The number of hydrogen-bond donors (Lipinski definition) is 4. The molecular formula is C72H69N9O7S2. The minimum Gasteiger partial charge on any atom is -0.376 e. The number of thiophene rings is 2. The molecule has 0 bridgehead atoms. The van der Waals surface area contributed by atoms with Crippen LogP contribution in [0.1, 0.15) is 59.6 Å². The first-order chi connectivity index (χ1) is 43.2. The van der Waals surface area contributed by atoms with Gasteiger partial charge < -0.3 is 45.1 Å². The summed E-state index contributed by atoms with van der Waals surface area (Å²) in [4.78, 5) is 96.4. The van der Waals surface area contributed by atoms with Crippen molar-refractivity contribution in [1.29, 1.82) is 0 Å². The van der Waals surface area contributed by atoms with Gasteiger partial charge in [0.05, 0.1) is 32.5 Å². The minimum absolute atomic E-state index is 0.0489. The number of piperazine rings is 1. The normalized spacial score (nSPS) is 12.0. The maximum absolute atomic E-state index is 13.4. The summed E-state index contributed by atoms with van der Waals surface area (Å²) in [5.41, 5.74) is 12.5. The van der Waals surface area contributed by atoms with Gasteiger partial charge >= 0.3 is 0 Å². The third kappa shape index (κ3) is 14.1. The second-order valence-electron chi connectivity index (χ2n) is 22.3. The van der Waals surface area contributed by atoms with Gasteiger partial charge in [-0.2, -0.15) is 0 Å². The van der Waals surface area contributed by atoms with Crippen LogP contribution in [0.3, 0.4) is 0 Å². The summed E-state index contributed by atoms with van der Waals surface area (Å²) in [5.74, 6) is -0.904. The summed E-state index contributed by atoms with van der Waals surface area (Å²) in [6, 6.07) is 46.6. The number of aryl methyl sites for hydroxylation is 2. The number of fused-ring (bicyclic) bond motifs is 2. The van der Waals surface area contributed by atoms with Gasteiger partial charge in [0.25, 0.3) is 22.9 Å². The number of benzene rings is 6. The molecular weight excluding hydrogens is 1170 g/mol. The van der Waals surface area contributed by atoms with E-state index in [0.29, 0.717) is 82.7 Å². The van der Waals surface area contributed by atoms with Gasteiger partial charge in [0.1, 0.15) is 0 Å². The molecule has 1 fully saturated rings. The molecule has 4 aromatic heterocycles. The molecule has 0 spiro atoms. The number of carbonyl (C=O) groups excluding carboxylic acids is 5. The average Bonchev–Trinajstić information content (AvgIpc) is 1.31. The van der Waals surface area contributed by atoms with Crippen LogP contribution in [0.25, 0.3) is 42.4 Å². The monoisotopic (exact) mass is 1240 g/mol. The Labute approximate surface area is 530 Å². The number of aromatic nitrogens is 2. The van der Waals surface area contributed by atoms with E-state index in [1.54, 1.807) is 30.2 Å². The van der Waals surface area contributed by atoms with Crippen molar-refractivity contribution in [2.45, 2.75) is 33.6 Å². The van der Waals surface area contributed by atoms with Gasteiger partial charge in [-0.1, -0.05) is 86.0 Å². The van der Waals surface area contributed by atoms with E-state index in [4.69, 9.17) is 0 Å². The molecule has 4 N–H and O–H groups in total. The van der Waals surface area contributed by atoms with E-state index in [9.17, 15) is 33.6 Å². The van der Waals surface area contributed by atoms with Crippen LogP contribution in [0.4, 0.5) is 34.1 Å². The first kappa shape index (κ1) is 62.6. The number of amides is 5. The Kier molecular flexibility index (Phi) is 19.0. The van der Waals surface area contributed by atoms with E-state index in [2.05, 4.69) is 39.3 Å². The van der Waals surface area contributed by atoms with Gasteiger partial charge in [-0.3, -0.25) is 33.6 Å². The molecule has 5 heterocycles. The van der Waals surface area contributed by atoms with Crippen molar-refractivity contribution in [3.63, 3.8) is 0 Å². The molecule has 16 nitrogen and oxygen atoms in total. The Hall–Kier alpha value is -10.4. The fourth-order valence-electron chi connectivity index (χ4n) is 11.2.